The molecule has 0 heterocycles. The van der Waals surface area contributed by atoms with E-state index in [0.717, 1.165) is 16.7 Å². The van der Waals surface area contributed by atoms with E-state index in [1.165, 1.54) is 31.5 Å². The third-order valence-electron chi connectivity index (χ3n) is 4.91. The summed E-state index contributed by atoms with van der Waals surface area (Å²) < 4.78 is 27.3. The SMILES string of the molecule is C/C=C\SC(C)C(N)=NCC(N)CC1=C(C(=C/N)/C=N/C(C)F)C1c1ccc(Cl)c(F)c1. The lowest BCUT2D eigenvalue weighted by atomic mass is 10.0. The molecule has 0 bridgehead atoms. The normalized spacial score (nSPS) is 20.3. The Kier molecular flexibility index (Phi) is 9.93. The Labute approximate surface area is 197 Å². The lowest BCUT2D eigenvalue weighted by molar-refractivity contribution is 0.377. The number of hydrogen-bond acceptors (Lipinski definition) is 5. The molecule has 0 saturated carbocycles. The van der Waals surface area contributed by atoms with Crippen molar-refractivity contribution < 1.29 is 8.78 Å². The summed E-state index contributed by atoms with van der Waals surface area (Å²) >= 11 is 7.41. The van der Waals surface area contributed by atoms with Gasteiger partial charge in [0.25, 0.3) is 0 Å². The average Bonchev–Trinajstić information content (AvgIpc) is 3.45. The Hall–Kier alpha value is -2.16. The first-order valence-electron chi connectivity index (χ1n) is 10.3. The number of aliphatic imine (C=N–C) groups is 2. The first-order valence-corrected chi connectivity index (χ1v) is 11.6. The molecule has 4 atom stereocenters. The van der Waals surface area contributed by atoms with Crippen LogP contribution in [0.2, 0.25) is 5.02 Å². The molecular weight excluding hydrogens is 452 g/mol. The molecule has 0 aromatic heterocycles. The highest BCUT2D eigenvalue weighted by molar-refractivity contribution is 8.03. The average molecular weight is 482 g/mol. The van der Waals surface area contributed by atoms with E-state index < -0.39 is 12.1 Å². The highest BCUT2D eigenvalue weighted by Crippen LogP contribution is 2.53. The van der Waals surface area contributed by atoms with Crippen molar-refractivity contribution in [2.24, 2.45) is 27.2 Å². The van der Waals surface area contributed by atoms with Crippen LogP contribution in [0.1, 0.15) is 38.7 Å². The zero-order valence-electron chi connectivity index (χ0n) is 18.4. The van der Waals surface area contributed by atoms with Crippen LogP contribution < -0.4 is 17.2 Å². The fourth-order valence-electron chi connectivity index (χ4n) is 3.26. The number of rotatable bonds is 11. The largest absolute Gasteiger partial charge is 0.404 e. The zero-order chi connectivity index (χ0) is 23.8. The zero-order valence-corrected chi connectivity index (χ0v) is 20.0. The molecule has 0 fully saturated rings. The highest BCUT2D eigenvalue weighted by atomic mass is 35.5. The summed E-state index contributed by atoms with van der Waals surface area (Å²) in [6.07, 6.45) is 3.86. The lowest BCUT2D eigenvalue weighted by Gasteiger charge is -2.11. The Bertz CT molecular complexity index is 956. The van der Waals surface area contributed by atoms with Crippen LogP contribution in [-0.4, -0.2) is 36.2 Å². The number of thioether (sulfide) groups is 1. The smallest absolute Gasteiger partial charge is 0.187 e. The van der Waals surface area contributed by atoms with Gasteiger partial charge in [0.05, 0.1) is 16.8 Å². The third kappa shape index (κ3) is 7.18. The summed E-state index contributed by atoms with van der Waals surface area (Å²) in [6.45, 7) is 5.59. The van der Waals surface area contributed by atoms with E-state index in [1.807, 2.05) is 25.3 Å². The molecule has 0 saturated heterocycles. The molecule has 1 aliphatic carbocycles. The van der Waals surface area contributed by atoms with E-state index in [-0.39, 0.29) is 22.2 Å². The molecule has 5 nitrogen and oxygen atoms in total. The second-order valence-electron chi connectivity index (χ2n) is 7.50. The minimum Gasteiger partial charge on any atom is -0.404 e. The molecule has 0 radical (unpaired) electrons. The van der Waals surface area contributed by atoms with Gasteiger partial charge in [-0.25, -0.2) is 8.78 Å². The standard InChI is InChI=1S/C23H30ClF2N5S/c1-4-7-32-13(2)23(29)31-12-17(28)9-18-21(15-5-6-19(24)20(26)8-15)22(18)16(10-27)11-30-14(3)25/h4-8,10-11,13-14,17,21H,9,12,27-28H2,1-3H3,(H2,29,31)/b7-4-,16-10+,30-11+. The summed E-state index contributed by atoms with van der Waals surface area (Å²) in [5.74, 6) is -0.167. The Morgan fingerprint density at radius 2 is 2.06 bits per heavy atom. The number of amidine groups is 1. The molecule has 0 spiro atoms. The van der Waals surface area contributed by atoms with Crippen molar-refractivity contribution >= 4 is 35.4 Å². The number of alkyl halides is 1. The lowest BCUT2D eigenvalue weighted by Crippen LogP contribution is -2.28. The number of halogens is 3. The van der Waals surface area contributed by atoms with E-state index in [9.17, 15) is 8.78 Å². The van der Waals surface area contributed by atoms with Gasteiger partial charge in [-0.15, -0.1) is 11.8 Å². The maximum Gasteiger partial charge on any atom is 0.187 e. The van der Waals surface area contributed by atoms with Crippen molar-refractivity contribution in [2.45, 2.75) is 50.7 Å². The van der Waals surface area contributed by atoms with Crippen LogP contribution in [0, 0.1) is 5.82 Å². The van der Waals surface area contributed by atoms with Crippen LogP contribution in [0.3, 0.4) is 0 Å². The molecule has 2 rings (SSSR count). The molecule has 1 aliphatic rings. The van der Waals surface area contributed by atoms with Crippen LogP contribution in [-0.2, 0) is 0 Å². The molecule has 9 heteroatoms. The van der Waals surface area contributed by atoms with Crippen molar-refractivity contribution in [2.75, 3.05) is 6.54 Å². The molecule has 4 unspecified atom stereocenters. The van der Waals surface area contributed by atoms with Crippen LogP contribution >= 0.6 is 23.4 Å². The van der Waals surface area contributed by atoms with Gasteiger partial charge in [0.15, 0.2) is 6.30 Å². The van der Waals surface area contributed by atoms with Crippen molar-refractivity contribution in [3.8, 4) is 0 Å². The maximum absolute atomic E-state index is 14.1. The molecule has 1 aromatic rings. The second kappa shape index (κ2) is 12.2. The maximum atomic E-state index is 14.1. The minimum atomic E-state index is -1.36. The number of hydrogen-bond donors (Lipinski definition) is 3. The first-order chi connectivity index (χ1) is 15.2. The first kappa shape index (κ1) is 26.1. The predicted octanol–water partition coefficient (Wildman–Crippen LogP) is 4.83. The fraction of sp³-hybridized carbons (Fsp3) is 0.391. The molecule has 6 N–H and O–H groups in total. The minimum absolute atomic E-state index is 0.0459. The van der Waals surface area contributed by atoms with Gasteiger partial charge in [-0.05, 0) is 55.9 Å². The molecule has 0 amide bonds. The Morgan fingerprint density at radius 1 is 1.34 bits per heavy atom. The summed E-state index contributed by atoms with van der Waals surface area (Å²) in [5, 5.41) is 2.06. The Morgan fingerprint density at radius 3 is 2.66 bits per heavy atom. The number of nitrogens with zero attached hydrogens (tertiary/aromatic N) is 2. The van der Waals surface area contributed by atoms with Crippen molar-refractivity contribution in [3.63, 3.8) is 0 Å². The monoisotopic (exact) mass is 481 g/mol. The van der Waals surface area contributed by atoms with Crippen molar-refractivity contribution in [3.05, 3.63) is 69.0 Å². The molecule has 32 heavy (non-hydrogen) atoms. The van der Waals surface area contributed by atoms with Gasteiger partial charge >= 0.3 is 0 Å². The predicted molar refractivity (Wildman–Crippen MR) is 133 cm³/mol. The van der Waals surface area contributed by atoms with Gasteiger partial charge in [-0.3, -0.25) is 9.98 Å². The highest BCUT2D eigenvalue weighted by Gasteiger charge is 2.40. The van der Waals surface area contributed by atoms with Gasteiger partial charge in [0, 0.05) is 29.9 Å². The van der Waals surface area contributed by atoms with E-state index >= 15 is 0 Å². The molecule has 0 aliphatic heterocycles. The van der Waals surface area contributed by atoms with Gasteiger partial charge in [-0.2, -0.15) is 0 Å². The number of nitrogens with two attached hydrogens (primary N) is 3. The summed E-state index contributed by atoms with van der Waals surface area (Å²) in [5.41, 5.74) is 21.3. The molecule has 174 valence electrons. The summed E-state index contributed by atoms with van der Waals surface area (Å²) in [7, 11) is 0. The van der Waals surface area contributed by atoms with Gasteiger partial charge in [0.1, 0.15) is 11.7 Å². The Balaban J connectivity index is 2.20. The van der Waals surface area contributed by atoms with E-state index in [1.54, 1.807) is 17.8 Å². The van der Waals surface area contributed by atoms with Crippen LogP contribution in [0.4, 0.5) is 8.78 Å². The van der Waals surface area contributed by atoms with E-state index in [0.29, 0.717) is 24.4 Å². The van der Waals surface area contributed by atoms with Crippen LogP contribution in [0.15, 0.2) is 62.6 Å². The van der Waals surface area contributed by atoms with E-state index in [2.05, 4.69) is 9.98 Å². The van der Waals surface area contributed by atoms with Gasteiger partial charge in [-0.1, -0.05) is 29.3 Å². The van der Waals surface area contributed by atoms with Gasteiger partial charge < -0.3 is 17.2 Å². The number of benzene rings is 1. The van der Waals surface area contributed by atoms with Crippen molar-refractivity contribution in [1.82, 2.24) is 0 Å². The fourth-order valence-corrected chi connectivity index (χ4v) is 3.98. The number of allylic oxidation sites excluding steroid dienone is 3. The van der Waals surface area contributed by atoms with Crippen molar-refractivity contribution in [1.29, 1.82) is 0 Å². The summed E-state index contributed by atoms with van der Waals surface area (Å²) in [6, 6.07) is 4.37. The molecular formula is C23H30ClF2N5S. The van der Waals surface area contributed by atoms with Gasteiger partial charge in [0.2, 0.25) is 0 Å². The third-order valence-corrected chi connectivity index (χ3v) is 6.30. The van der Waals surface area contributed by atoms with Crippen LogP contribution in [0.5, 0.6) is 0 Å². The van der Waals surface area contributed by atoms with E-state index in [4.69, 9.17) is 28.8 Å². The topological polar surface area (TPSA) is 103 Å². The quantitative estimate of drug-likeness (QED) is 0.239. The summed E-state index contributed by atoms with van der Waals surface area (Å²) in [4.78, 5) is 8.22. The molecule has 1 aromatic carbocycles. The second-order valence-corrected chi connectivity index (χ2v) is 9.16. The van der Waals surface area contributed by atoms with Crippen LogP contribution in [0.25, 0.3) is 0 Å².